The Bertz CT molecular complexity index is 403. The van der Waals surface area contributed by atoms with Gasteiger partial charge >= 0.3 is 0 Å². The first-order valence-electron chi connectivity index (χ1n) is 7.90. The van der Waals surface area contributed by atoms with E-state index in [1.54, 1.807) is 7.05 Å². The maximum Gasteiger partial charge on any atom is 0.208 e. The Kier molecular flexibility index (Phi) is 8.68. The van der Waals surface area contributed by atoms with E-state index in [4.69, 9.17) is 0 Å². The van der Waals surface area contributed by atoms with Gasteiger partial charge in [-0.15, -0.1) is 0 Å². The van der Waals surface area contributed by atoms with Gasteiger partial charge in [0, 0.05) is 26.7 Å². The standard InChI is InChI=1S/C14H30N4O2S/c1-15-14(17-11-12-18-21(2,19)20)16-10-6-5-9-13-7-3-4-8-13/h13,18H,3-12H2,1-2H3,(H2,15,16,17). The first-order chi connectivity index (χ1) is 10.0. The number of nitrogens with one attached hydrogen (secondary N) is 3. The number of sulfonamides is 1. The van der Waals surface area contributed by atoms with E-state index in [2.05, 4.69) is 20.3 Å². The van der Waals surface area contributed by atoms with Crippen molar-refractivity contribution in [3.05, 3.63) is 0 Å². The summed E-state index contributed by atoms with van der Waals surface area (Å²) in [5.74, 6) is 1.69. The Balaban J connectivity index is 2.00. The lowest BCUT2D eigenvalue weighted by atomic mass is 10.0. The van der Waals surface area contributed by atoms with Crippen LogP contribution >= 0.6 is 0 Å². The van der Waals surface area contributed by atoms with Crippen molar-refractivity contribution in [3.63, 3.8) is 0 Å². The van der Waals surface area contributed by atoms with Gasteiger partial charge in [-0.05, 0) is 12.3 Å². The maximum atomic E-state index is 10.9. The van der Waals surface area contributed by atoms with Crippen molar-refractivity contribution in [3.8, 4) is 0 Å². The second-order valence-electron chi connectivity index (χ2n) is 5.74. The van der Waals surface area contributed by atoms with E-state index < -0.39 is 10.0 Å². The summed E-state index contributed by atoms with van der Waals surface area (Å²) in [6.07, 6.45) is 10.6. The highest BCUT2D eigenvalue weighted by Crippen LogP contribution is 2.28. The third-order valence-corrected chi connectivity index (χ3v) is 4.54. The van der Waals surface area contributed by atoms with Crippen molar-refractivity contribution in [2.24, 2.45) is 10.9 Å². The van der Waals surface area contributed by atoms with Gasteiger partial charge in [0.25, 0.3) is 0 Å². The summed E-state index contributed by atoms with van der Waals surface area (Å²) in [5.41, 5.74) is 0. The molecule has 1 aliphatic rings. The molecule has 0 heterocycles. The number of guanidine groups is 1. The molecule has 0 aliphatic heterocycles. The average Bonchev–Trinajstić information content (AvgIpc) is 2.92. The van der Waals surface area contributed by atoms with Crippen LogP contribution in [0, 0.1) is 5.92 Å². The molecule has 0 bridgehead atoms. The quantitative estimate of drug-likeness (QED) is 0.337. The molecule has 0 unspecified atom stereocenters. The molecule has 0 atom stereocenters. The van der Waals surface area contributed by atoms with E-state index >= 15 is 0 Å². The van der Waals surface area contributed by atoms with Crippen LogP contribution in [0.5, 0.6) is 0 Å². The van der Waals surface area contributed by atoms with E-state index in [-0.39, 0.29) is 0 Å². The third kappa shape index (κ3) is 9.68. The summed E-state index contributed by atoms with van der Waals surface area (Å²) in [4.78, 5) is 4.11. The molecule has 0 amide bonds. The van der Waals surface area contributed by atoms with Gasteiger partial charge < -0.3 is 10.6 Å². The van der Waals surface area contributed by atoms with Crippen molar-refractivity contribution in [2.75, 3.05) is 32.9 Å². The lowest BCUT2D eigenvalue weighted by Crippen LogP contribution is -2.41. The second kappa shape index (κ2) is 10.00. The van der Waals surface area contributed by atoms with E-state index in [1.807, 2.05) is 0 Å². The monoisotopic (exact) mass is 318 g/mol. The maximum absolute atomic E-state index is 10.9. The SMILES string of the molecule is CN=C(NCCCCC1CCCC1)NCCNS(C)(=O)=O. The molecule has 3 N–H and O–H groups in total. The first-order valence-corrected chi connectivity index (χ1v) is 9.79. The molecule has 6 nitrogen and oxygen atoms in total. The number of nitrogens with zero attached hydrogens (tertiary/aromatic N) is 1. The fourth-order valence-corrected chi connectivity index (χ4v) is 3.17. The summed E-state index contributed by atoms with van der Waals surface area (Å²) in [6.45, 7) is 1.79. The summed E-state index contributed by atoms with van der Waals surface area (Å²) >= 11 is 0. The third-order valence-electron chi connectivity index (χ3n) is 3.81. The lowest BCUT2D eigenvalue weighted by Gasteiger charge is -2.12. The van der Waals surface area contributed by atoms with E-state index in [9.17, 15) is 8.42 Å². The predicted molar refractivity (Wildman–Crippen MR) is 88.0 cm³/mol. The molecule has 0 saturated heterocycles. The van der Waals surface area contributed by atoms with Gasteiger partial charge in [0.15, 0.2) is 5.96 Å². The van der Waals surface area contributed by atoms with Gasteiger partial charge in [0.1, 0.15) is 0 Å². The molecule has 7 heteroatoms. The molecule has 0 radical (unpaired) electrons. The summed E-state index contributed by atoms with van der Waals surface area (Å²) in [7, 11) is -1.39. The molecule has 0 aromatic rings. The van der Waals surface area contributed by atoms with Gasteiger partial charge in [-0.3, -0.25) is 4.99 Å². The average molecular weight is 318 g/mol. The number of unbranched alkanes of at least 4 members (excludes halogenated alkanes) is 1. The molecule has 0 aromatic heterocycles. The molecule has 1 aliphatic carbocycles. The Labute approximate surface area is 129 Å². The Morgan fingerprint density at radius 2 is 1.76 bits per heavy atom. The van der Waals surface area contributed by atoms with Gasteiger partial charge in [0.2, 0.25) is 10.0 Å². The van der Waals surface area contributed by atoms with Gasteiger partial charge in [-0.25, -0.2) is 13.1 Å². The molecule has 124 valence electrons. The highest BCUT2D eigenvalue weighted by atomic mass is 32.2. The van der Waals surface area contributed by atoms with Crippen LogP contribution in [0.1, 0.15) is 44.9 Å². The molecule has 21 heavy (non-hydrogen) atoms. The van der Waals surface area contributed by atoms with Crippen LogP contribution in [0.25, 0.3) is 0 Å². The van der Waals surface area contributed by atoms with Crippen LogP contribution in [-0.2, 0) is 10.0 Å². The number of hydrogen-bond donors (Lipinski definition) is 3. The predicted octanol–water partition coefficient (Wildman–Crippen LogP) is 1.06. The Morgan fingerprint density at radius 3 is 2.38 bits per heavy atom. The van der Waals surface area contributed by atoms with Crippen molar-refractivity contribution < 1.29 is 8.42 Å². The molecule has 1 rings (SSSR count). The summed E-state index contributed by atoms with van der Waals surface area (Å²) in [6, 6.07) is 0. The smallest absolute Gasteiger partial charge is 0.208 e. The van der Waals surface area contributed by atoms with Crippen LogP contribution < -0.4 is 15.4 Å². The molecule has 0 aromatic carbocycles. The van der Waals surface area contributed by atoms with Crippen molar-refractivity contribution >= 4 is 16.0 Å². The van der Waals surface area contributed by atoms with Crippen molar-refractivity contribution in [2.45, 2.75) is 44.9 Å². The van der Waals surface area contributed by atoms with Crippen molar-refractivity contribution in [1.29, 1.82) is 0 Å². The van der Waals surface area contributed by atoms with E-state index in [0.29, 0.717) is 13.1 Å². The molecular formula is C14H30N4O2S. The van der Waals surface area contributed by atoms with Gasteiger partial charge in [0.05, 0.1) is 6.26 Å². The normalized spacial score (nSPS) is 17.1. The van der Waals surface area contributed by atoms with Gasteiger partial charge in [-0.1, -0.05) is 38.5 Å². The van der Waals surface area contributed by atoms with Crippen molar-refractivity contribution in [1.82, 2.24) is 15.4 Å². The zero-order valence-corrected chi connectivity index (χ0v) is 14.1. The largest absolute Gasteiger partial charge is 0.356 e. The fourth-order valence-electron chi connectivity index (χ4n) is 2.70. The fraction of sp³-hybridized carbons (Fsp3) is 0.929. The van der Waals surface area contributed by atoms with Crippen LogP contribution in [0.15, 0.2) is 4.99 Å². The number of rotatable bonds is 9. The van der Waals surface area contributed by atoms with Gasteiger partial charge in [-0.2, -0.15) is 0 Å². The second-order valence-corrected chi connectivity index (χ2v) is 7.57. The Hall–Kier alpha value is -0.820. The van der Waals surface area contributed by atoms with Crippen LogP contribution in [-0.4, -0.2) is 47.3 Å². The van der Waals surface area contributed by atoms with E-state index in [1.165, 1.54) is 38.5 Å². The minimum Gasteiger partial charge on any atom is -0.356 e. The zero-order valence-electron chi connectivity index (χ0n) is 13.3. The highest BCUT2D eigenvalue weighted by Gasteiger charge is 2.13. The molecule has 1 saturated carbocycles. The highest BCUT2D eigenvalue weighted by molar-refractivity contribution is 7.88. The lowest BCUT2D eigenvalue weighted by molar-refractivity contribution is 0.472. The topological polar surface area (TPSA) is 82.6 Å². The number of aliphatic imine (C=N–C) groups is 1. The Morgan fingerprint density at radius 1 is 1.10 bits per heavy atom. The molecule has 1 fully saturated rings. The molecule has 0 spiro atoms. The zero-order chi connectivity index (χ0) is 15.6. The molecular weight excluding hydrogens is 288 g/mol. The minimum atomic E-state index is -3.11. The summed E-state index contributed by atoms with van der Waals surface area (Å²) < 4.78 is 24.3. The van der Waals surface area contributed by atoms with Crippen LogP contribution in [0.3, 0.4) is 0 Å². The van der Waals surface area contributed by atoms with Crippen LogP contribution in [0.4, 0.5) is 0 Å². The minimum absolute atomic E-state index is 0.362. The van der Waals surface area contributed by atoms with Crippen LogP contribution in [0.2, 0.25) is 0 Å². The van der Waals surface area contributed by atoms with E-state index in [0.717, 1.165) is 31.1 Å². The number of hydrogen-bond acceptors (Lipinski definition) is 3. The summed E-state index contributed by atoms with van der Waals surface area (Å²) in [5, 5.41) is 6.34. The first kappa shape index (κ1) is 18.2.